The summed E-state index contributed by atoms with van der Waals surface area (Å²) in [5.74, 6) is 0.126. The molecule has 0 aromatic heterocycles. The number of halogens is 1. The molecule has 1 nitrogen and oxygen atoms in total. The zero-order chi connectivity index (χ0) is 6.85. The first kappa shape index (κ1) is 13.8. The Labute approximate surface area is 93.7 Å². The molecule has 0 aliphatic heterocycles. The molecule has 0 amide bonds. The number of benzene rings is 1. The summed E-state index contributed by atoms with van der Waals surface area (Å²) in [6.45, 7) is 3.81. The fourth-order valence-electron chi connectivity index (χ4n) is 0.799. The predicted molar refractivity (Wildman–Crippen MR) is 41.1 cm³/mol. The summed E-state index contributed by atoms with van der Waals surface area (Å²) in [6.07, 6.45) is 0. The van der Waals surface area contributed by atoms with Crippen LogP contribution < -0.4 is 22.1 Å². The van der Waals surface area contributed by atoms with Crippen molar-refractivity contribution in [1.29, 1.82) is 0 Å². The van der Waals surface area contributed by atoms with Gasteiger partial charge in [-0.15, -0.1) is 5.75 Å². The quantitative estimate of drug-likeness (QED) is 0.469. The molecular formula is C8H9BrMgO. The van der Waals surface area contributed by atoms with E-state index in [4.69, 9.17) is 0 Å². The van der Waals surface area contributed by atoms with Gasteiger partial charge < -0.3 is 22.1 Å². The van der Waals surface area contributed by atoms with E-state index < -0.39 is 0 Å². The van der Waals surface area contributed by atoms with Crippen LogP contribution in [-0.4, -0.2) is 23.1 Å². The van der Waals surface area contributed by atoms with Gasteiger partial charge in [0.05, 0.1) is 0 Å². The van der Waals surface area contributed by atoms with Crippen molar-refractivity contribution in [2.75, 3.05) is 0 Å². The Bertz CT molecular complexity index is 225. The largest absolute Gasteiger partial charge is 2.00 e. The number of aryl methyl sites for hydroxylation is 2. The molecule has 0 unspecified atom stereocenters. The summed E-state index contributed by atoms with van der Waals surface area (Å²) in [7, 11) is 0. The Kier molecular flexibility index (Phi) is 7.37. The second kappa shape index (κ2) is 5.86. The van der Waals surface area contributed by atoms with E-state index in [0.717, 1.165) is 11.1 Å². The maximum Gasteiger partial charge on any atom is 2.00 e. The second-order valence-corrected chi connectivity index (χ2v) is 2.27. The molecule has 0 heterocycles. The van der Waals surface area contributed by atoms with Crippen LogP contribution in [0.25, 0.3) is 0 Å². The molecule has 0 fully saturated rings. The van der Waals surface area contributed by atoms with Crippen molar-refractivity contribution < 1.29 is 22.1 Å². The average Bonchev–Trinajstić information content (AvgIpc) is 1.80. The molecule has 3 heteroatoms. The van der Waals surface area contributed by atoms with Crippen LogP contribution in [0.5, 0.6) is 5.75 Å². The van der Waals surface area contributed by atoms with Crippen molar-refractivity contribution in [3.8, 4) is 5.75 Å². The van der Waals surface area contributed by atoms with E-state index in [1.165, 1.54) is 0 Å². The van der Waals surface area contributed by atoms with Gasteiger partial charge in [-0.05, 0) is 13.8 Å². The molecule has 0 aliphatic carbocycles. The molecule has 1 aromatic rings. The Morgan fingerprint density at radius 2 is 1.73 bits per heavy atom. The van der Waals surface area contributed by atoms with Crippen molar-refractivity contribution in [3.05, 3.63) is 29.3 Å². The first-order chi connectivity index (χ1) is 4.20. The van der Waals surface area contributed by atoms with Gasteiger partial charge in [-0.1, -0.05) is 29.3 Å². The third kappa shape index (κ3) is 3.99. The van der Waals surface area contributed by atoms with Gasteiger partial charge in [0.25, 0.3) is 0 Å². The standard InChI is InChI=1S/C8H10O.BrH.Mg/c1-6-3-4-8(9)7(2)5-6;;/h3-5,9H,1-2H3;1H;/q;;+2/p-2. The Balaban J connectivity index is 0. The third-order valence-electron chi connectivity index (χ3n) is 1.33. The van der Waals surface area contributed by atoms with E-state index in [1.807, 2.05) is 26.0 Å². The van der Waals surface area contributed by atoms with Gasteiger partial charge in [0.2, 0.25) is 0 Å². The maximum atomic E-state index is 10.8. The molecule has 0 saturated carbocycles. The average molecular weight is 225 g/mol. The maximum absolute atomic E-state index is 10.8. The molecule has 0 spiro atoms. The van der Waals surface area contributed by atoms with Crippen LogP contribution in [0, 0.1) is 13.8 Å². The Morgan fingerprint density at radius 3 is 2.09 bits per heavy atom. The van der Waals surface area contributed by atoms with Crippen molar-refractivity contribution in [1.82, 2.24) is 0 Å². The van der Waals surface area contributed by atoms with Crippen LogP contribution in [-0.2, 0) is 0 Å². The molecular weight excluding hydrogens is 216 g/mol. The number of hydrogen-bond donors (Lipinski definition) is 0. The molecule has 0 atom stereocenters. The van der Waals surface area contributed by atoms with Gasteiger partial charge in [0.1, 0.15) is 0 Å². The van der Waals surface area contributed by atoms with Crippen molar-refractivity contribution in [2.24, 2.45) is 0 Å². The van der Waals surface area contributed by atoms with Gasteiger partial charge in [-0.3, -0.25) is 0 Å². The summed E-state index contributed by atoms with van der Waals surface area (Å²) >= 11 is 0. The fraction of sp³-hybridized carbons (Fsp3) is 0.250. The van der Waals surface area contributed by atoms with Gasteiger partial charge >= 0.3 is 23.1 Å². The van der Waals surface area contributed by atoms with E-state index in [-0.39, 0.29) is 45.8 Å². The molecule has 0 radical (unpaired) electrons. The van der Waals surface area contributed by atoms with Gasteiger partial charge in [0, 0.05) is 0 Å². The first-order valence-corrected chi connectivity index (χ1v) is 2.94. The van der Waals surface area contributed by atoms with Crippen molar-refractivity contribution in [2.45, 2.75) is 13.8 Å². The normalized spacial score (nSPS) is 7.82. The van der Waals surface area contributed by atoms with Crippen LogP contribution in [0.4, 0.5) is 0 Å². The summed E-state index contributed by atoms with van der Waals surface area (Å²) in [5, 5.41) is 10.8. The van der Waals surface area contributed by atoms with Gasteiger partial charge in [-0.25, -0.2) is 0 Å². The summed E-state index contributed by atoms with van der Waals surface area (Å²) in [4.78, 5) is 0. The molecule has 0 aliphatic rings. The van der Waals surface area contributed by atoms with E-state index in [9.17, 15) is 5.11 Å². The minimum absolute atomic E-state index is 0. The fourth-order valence-corrected chi connectivity index (χ4v) is 0.799. The monoisotopic (exact) mass is 224 g/mol. The van der Waals surface area contributed by atoms with E-state index in [2.05, 4.69) is 0 Å². The van der Waals surface area contributed by atoms with Crippen LogP contribution in [0.3, 0.4) is 0 Å². The first-order valence-electron chi connectivity index (χ1n) is 2.94. The molecule has 1 aromatic carbocycles. The zero-order valence-electron chi connectivity index (χ0n) is 6.73. The number of hydrogen-bond acceptors (Lipinski definition) is 1. The smallest absolute Gasteiger partial charge is 1.00 e. The minimum Gasteiger partial charge on any atom is -1.00 e. The Hall–Kier alpha value is 0.266. The van der Waals surface area contributed by atoms with Crippen molar-refractivity contribution in [3.63, 3.8) is 0 Å². The van der Waals surface area contributed by atoms with Crippen LogP contribution in [0.2, 0.25) is 0 Å². The van der Waals surface area contributed by atoms with Gasteiger partial charge in [-0.2, -0.15) is 0 Å². The SMILES string of the molecule is Cc1ccc([O-])c(C)c1.[Br-].[Mg+2]. The Morgan fingerprint density at radius 1 is 1.18 bits per heavy atom. The predicted octanol–water partition coefficient (Wildman–Crippen LogP) is -2.00. The van der Waals surface area contributed by atoms with Crippen molar-refractivity contribution >= 4 is 23.1 Å². The van der Waals surface area contributed by atoms with Crippen LogP contribution in [0.1, 0.15) is 11.1 Å². The molecule has 0 saturated heterocycles. The van der Waals surface area contributed by atoms with E-state index in [1.54, 1.807) is 6.07 Å². The number of rotatable bonds is 0. The van der Waals surface area contributed by atoms with Crippen LogP contribution >= 0.6 is 0 Å². The minimum atomic E-state index is 0. The molecule has 11 heavy (non-hydrogen) atoms. The third-order valence-corrected chi connectivity index (χ3v) is 1.33. The summed E-state index contributed by atoms with van der Waals surface area (Å²) in [5.41, 5.74) is 1.97. The molecule has 0 N–H and O–H groups in total. The van der Waals surface area contributed by atoms with E-state index >= 15 is 0 Å². The molecule has 56 valence electrons. The molecule has 0 bridgehead atoms. The summed E-state index contributed by atoms with van der Waals surface area (Å²) < 4.78 is 0. The second-order valence-electron chi connectivity index (χ2n) is 2.27. The zero-order valence-corrected chi connectivity index (χ0v) is 9.73. The van der Waals surface area contributed by atoms with Crippen LogP contribution in [0.15, 0.2) is 18.2 Å². The van der Waals surface area contributed by atoms with E-state index in [0.29, 0.717) is 0 Å². The topological polar surface area (TPSA) is 23.1 Å². The molecule has 1 rings (SSSR count). The van der Waals surface area contributed by atoms with Gasteiger partial charge in [0.15, 0.2) is 0 Å². The summed E-state index contributed by atoms with van der Waals surface area (Å²) in [6, 6.07) is 5.32.